The van der Waals surface area contributed by atoms with Crippen LogP contribution in [-0.2, 0) is 23.3 Å². The van der Waals surface area contributed by atoms with Crippen LogP contribution >= 0.6 is 0 Å². The van der Waals surface area contributed by atoms with Gasteiger partial charge in [0.25, 0.3) is 6.43 Å². The molecule has 4 atom stereocenters. The molecular formula is C30H44F3N3O2. The first-order valence-electron chi connectivity index (χ1n) is 13.8. The van der Waals surface area contributed by atoms with E-state index in [1.54, 1.807) is 13.8 Å². The van der Waals surface area contributed by atoms with E-state index in [1.807, 2.05) is 26.1 Å². The SMILES string of the molecule is CC/C(C)=C(\N)c1ccn(C(CC)OC(C)[C@](C)(O)c2cc(C(F)F)c(F)c3c2CNCC3)c1C(C)CC. The number of hydrogen-bond donors (Lipinski definition) is 3. The van der Waals surface area contributed by atoms with Crippen LogP contribution in [-0.4, -0.2) is 22.3 Å². The number of nitrogens with one attached hydrogen (secondary N) is 1. The highest BCUT2D eigenvalue weighted by molar-refractivity contribution is 5.68. The van der Waals surface area contributed by atoms with Gasteiger partial charge in [0.05, 0.1) is 11.7 Å². The Bertz CT molecular complexity index is 1160. The van der Waals surface area contributed by atoms with E-state index < -0.39 is 35.7 Å². The first kappa shape index (κ1) is 30.3. The zero-order chi connectivity index (χ0) is 28.4. The number of fused-ring (bicyclic) bond motifs is 1. The molecule has 0 radical (unpaired) electrons. The number of alkyl halides is 2. The molecule has 2 heterocycles. The van der Waals surface area contributed by atoms with Gasteiger partial charge < -0.3 is 25.5 Å². The van der Waals surface area contributed by atoms with Crippen LogP contribution < -0.4 is 11.1 Å². The summed E-state index contributed by atoms with van der Waals surface area (Å²) in [6.45, 7) is 14.5. The van der Waals surface area contributed by atoms with Crippen molar-refractivity contribution >= 4 is 5.70 Å². The van der Waals surface area contributed by atoms with Crippen molar-refractivity contribution in [2.75, 3.05) is 6.54 Å². The minimum atomic E-state index is -2.98. The van der Waals surface area contributed by atoms with Gasteiger partial charge >= 0.3 is 0 Å². The molecule has 38 heavy (non-hydrogen) atoms. The molecule has 8 heteroatoms. The number of ether oxygens (including phenoxy) is 1. The largest absolute Gasteiger partial charge is 0.398 e. The Balaban J connectivity index is 2.04. The second kappa shape index (κ2) is 12.3. The predicted octanol–water partition coefficient (Wildman–Crippen LogP) is 7.05. The average molecular weight is 536 g/mol. The van der Waals surface area contributed by atoms with Gasteiger partial charge in [-0.1, -0.05) is 27.7 Å². The molecule has 0 saturated carbocycles. The third kappa shape index (κ3) is 5.68. The number of halogens is 3. The molecule has 0 amide bonds. The predicted molar refractivity (Wildman–Crippen MR) is 146 cm³/mol. The third-order valence-electron chi connectivity index (χ3n) is 8.27. The fourth-order valence-electron chi connectivity index (χ4n) is 5.29. The van der Waals surface area contributed by atoms with Gasteiger partial charge in [0.1, 0.15) is 17.6 Å². The number of aliphatic hydroxyl groups is 1. The van der Waals surface area contributed by atoms with E-state index in [1.165, 1.54) is 0 Å². The molecule has 5 nitrogen and oxygen atoms in total. The van der Waals surface area contributed by atoms with Gasteiger partial charge in [-0.25, -0.2) is 13.2 Å². The highest BCUT2D eigenvalue weighted by atomic mass is 19.3. The molecule has 0 saturated heterocycles. The van der Waals surface area contributed by atoms with Crippen LogP contribution in [0.25, 0.3) is 5.70 Å². The van der Waals surface area contributed by atoms with Crippen LogP contribution in [0.3, 0.4) is 0 Å². The van der Waals surface area contributed by atoms with Crippen LogP contribution in [0.4, 0.5) is 13.2 Å². The second-order valence-corrected chi connectivity index (χ2v) is 10.7. The van der Waals surface area contributed by atoms with Crippen molar-refractivity contribution in [1.82, 2.24) is 9.88 Å². The Labute approximate surface area is 225 Å². The minimum absolute atomic E-state index is 0.209. The first-order valence-corrected chi connectivity index (χ1v) is 13.8. The van der Waals surface area contributed by atoms with Crippen LogP contribution in [0, 0.1) is 5.82 Å². The van der Waals surface area contributed by atoms with Crippen LogP contribution in [0.5, 0.6) is 0 Å². The lowest BCUT2D eigenvalue weighted by Gasteiger charge is -2.37. The Morgan fingerprint density at radius 3 is 2.47 bits per heavy atom. The minimum Gasteiger partial charge on any atom is -0.398 e. The molecule has 3 unspecified atom stereocenters. The third-order valence-corrected chi connectivity index (χ3v) is 8.27. The highest BCUT2D eigenvalue weighted by Gasteiger charge is 2.39. The number of hydrogen-bond acceptors (Lipinski definition) is 4. The zero-order valence-corrected chi connectivity index (χ0v) is 23.8. The maximum Gasteiger partial charge on any atom is 0.266 e. The van der Waals surface area contributed by atoms with Crippen molar-refractivity contribution in [2.45, 2.75) is 111 Å². The molecule has 1 aromatic heterocycles. The lowest BCUT2D eigenvalue weighted by molar-refractivity contribution is -0.145. The summed E-state index contributed by atoms with van der Waals surface area (Å²) in [7, 11) is 0. The Morgan fingerprint density at radius 2 is 1.89 bits per heavy atom. The van der Waals surface area contributed by atoms with Crippen molar-refractivity contribution in [2.24, 2.45) is 5.73 Å². The Morgan fingerprint density at radius 1 is 1.21 bits per heavy atom. The monoisotopic (exact) mass is 535 g/mol. The molecule has 4 N–H and O–H groups in total. The topological polar surface area (TPSA) is 72.4 Å². The van der Waals surface area contributed by atoms with Crippen LogP contribution in [0.2, 0.25) is 0 Å². The molecule has 0 fully saturated rings. The number of allylic oxidation sites excluding steroid dienone is 1. The summed E-state index contributed by atoms with van der Waals surface area (Å²) in [5.74, 6) is -0.664. The second-order valence-electron chi connectivity index (χ2n) is 10.7. The summed E-state index contributed by atoms with van der Waals surface area (Å²) >= 11 is 0. The lowest BCUT2D eigenvalue weighted by atomic mass is 9.82. The fraction of sp³-hybridized carbons (Fsp3) is 0.600. The van der Waals surface area contributed by atoms with Crippen molar-refractivity contribution < 1.29 is 23.0 Å². The molecule has 2 aromatic rings. The van der Waals surface area contributed by atoms with Gasteiger partial charge in [-0.15, -0.1) is 0 Å². The fourth-order valence-corrected chi connectivity index (χ4v) is 5.29. The van der Waals surface area contributed by atoms with Gasteiger partial charge in [0.15, 0.2) is 0 Å². The number of nitrogens with zero attached hydrogens (tertiary/aromatic N) is 1. The van der Waals surface area contributed by atoms with Crippen LogP contribution in [0.1, 0.15) is 120 Å². The number of aromatic nitrogens is 1. The van der Waals surface area contributed by atoms with Crippen molar-refractivity contribution in [1.29, 1.82) is 0 Å². The molecule has 212 valence electrons. The summed E-state index contributed by atoms with van der Waals surface area (Å²) in [4.78, 5) is 0. The van der Waals surface area contributed by atoms with E-state index in [9.17, 15) is 18.3 Å². The van der Waals surface area contributed by atoms with E-state index in [2.05, 4.69) is 30.7 Å². The molecule has 3 rings (SSSR count). The average Bonchev–Trinajstić information content (AvgIpc) is 3.35. The summed E-state index contributed by atoms with van der Waals surface area (Å²) in [6.07, 6.45) is 0.440. The van der Waals surface area contributed by atoms with Gasteiger partial charge in [-0.05, 0) is 93.3 Å². The molecule has 1 aliphatic rings. The first-order chi connectivity index (χ1) is 17.9. The van der Waals surface area contributed by atoms with Crippen LogP contribution in [0.15, 0.2) is 23.9 Å². The molecule has 0 aliphatic carbocycles. The molecule has 1 aromatic carbocycles. The summed E-state index contributed by atoms with van der Waals surface area (Å²) in [6, 6.07) is 3.13. The molecule has 1 aliphatic heterocycles. The maximum absolute atomic E-state index is 14.9. The van der Waals surface area contributed by atoms with Crippen molar-refractivity contribution in [3.05, 3.63) is 63.2 Å². The quantitative estimate of drug-likeness (QED) is 0.288. The zero-order valence-electron chi connectivity index (χ0n) is 23.8. The number of benzene rings is 1. The smallest absolute Gasteiger partial charge is 0.266 e. The van der Waals surface area contributed by atoms with Crippen molar-refractivity contribution in [3.63, 3.8) is 0 Å². The molecule has 0 bridgehead atoms. The standard InChI is InChI=1S/C30H44F3N3O2/c1-8-17(4)27(34)21-12-14-36(28(21)18(5)9-2)25(10-3)38-19(6)30(7,37)24-15-22(29(32)33)26(31)20-11-13-35-16-23(20)24/h12,14-15,18-19,25,29,35,37H,8-11,13,16,34H2,1-7H3/b27-17-/t18?,19?,25?,30-/m0/s1. The lowest BCUT2D eigenvalue weighted by Crippen LogP contribution is -2.41. The van der Waals surface area contributed by atoms with Gasteiger partial charge in [0, 0.05) is 29.7 Å². The normalized spacial score (nSPS) is 18.5. The van der Waals surface area contributed by atoms with Crippen molar-refractivity contribution in [3.8, 4) is 0 Å². The molecular weight excluding hydrogens is 491 g/mol. The van der Waals surface area contributed by atoms with E-state index >= 15 is 0 Å². The van der Waals surface area contributed by atoms with E-state index in [-0.39, 0.29) is 23.5 Å². The van der Waals surface area contributed by atoms with Gasteiger partial charge in [-0.3, -0.25) is 0 Å². The van der Waals surface area contributed by atoms with Gasteiger partial charge in [0.2, 0.25) is 0 Å². The summed E-state index contributed by atoms with van der Waals surface area (Å²) < 4.78 is 51.0. The molecule has 0 spiro atoms. The number of nitrogens with two attached hydrogens (primary N) is 1. The van der Waals surface area contributed by atoms with E-state index in [0.29, 0.717) is 25.1 Å². The van der Waals surface area contributed by atoms with E-state index in [4.69, 9.17) is 10.5 Å². The van der Waals surface area contributed by atoms with E-state index in [0.717, 1.165) is 41.4 Å². The Hall–Kier alpha value is -2.29. The Kier molecular flexibility index (Phi) is 9.76. The summed E-state index contributed by atoms with van der Waals surface area (Å²) in [5.41, 5.74) is 9.22. The maximum atomic E-state index is 14.9. The summed E-state index contributed by atoms with van der Waals surface area (Å²) in [5, 5.41) is 14.9. The number of rotatable bonds is 11. The highest BCUT2D eigenvalue weighted by Crippen LogP contribution is 2.40. The van der Waals surface area contributed by atoms with Gasteiger partial charge in [-0.2, -0.15) is 0 Å².